The number of carbonyl (C=O) groups excluding carboxylic acids is 2. The van der Waals surface area contributed by atoms with Crippen LogP contribution < -0.4 is 11.1 Å². The zero-order valence-corrected chi connectivity index (χ0v) is 12.5. The van der Waals surface area contributed by atoms with Crippen LogP contribution in [-0.4, -0.2) is 36.3 Å². The first-order valence-electron chi connectivity index (χ1n) is 7.46. The van der Waals surface area contributed by atoms with Crippen molar-refractivity contribution >= 4 is 17.5 Å². The molecule has 1 fully saturated rings. The number of hydrogen-bond donors (Lipinski definition) is 2. The molecule has 21 heavy (non-hydrogen) atoms. The van der Waals surface area contributed by atoms with Gasteiger partial charge in [0.15, 0.2) is 0 Å². The van der Waals surface area contributed by atoms with Gasteiger partial charge in [-0.15, -0.1) is 0 Å². The van der Waals surface area contributed by atoms with Crippen LogP contribution in [0.2, 0.25) is 0 Å². The van der Waals surface area contributed by atoms with Crippen molar-refractivity contribution in [3.05, 3.63) is 29.8 Å². The normalized spacial score (nSPS) is 15.8. The van der Waals surface area contributed by atoms with E-state index < -0.39 is 0 Å². The molecule has 5 nitrogen and oxygen atoms in total. The molecule has 1 aromatic rings. The maximum absolute atomic E-state index is 11.9. The molecular formula is C16H23N3O2. The topological polar surface area (TPSA) is 75.4 Å². The lowest BCUT2D eigenvalue weighted by Crippen LogP contribution is -2.38. The minimum absolute atomic E-state index is 0.0148. The first kappa shape index (κ1) is 15.4. The van der Waals surface area contributed by atoms with E-state index in [0.717, 1.165) is 31.5 Å². The average Bonchev–Trinajstić information content (AvgIpc) is 2.99. The van der Waals surface area contributed by atoms with Gasteiger partial charge in [-0.25, -0.2) is 0 Å². The van der Waals surface area contributed by atoms with Crippen molar-refractivity contribution in [3.63, 3.8) is 0 Å². The fourth-order valence-corrected chi connectivity index (χ4v) is 2.55. The van der Waals surface area contributed by atoms with Crippen LogP contribution in [0.3, 0.4) is 0 Å². The van der Waals surface area contributed by atoms with Gasteiger partial charge in [-0.05, 0) is 36.5 Å². The molecule has 1 aliphatic heterocycles. The number of hydrogen-bond acceptors (Lipinski definition) is 3. The Balaban J connectivity index is 1.75. The van der Waals surface area contributed by atoms with E-state index in [4.69, 9.17) is 5.73 Å². The molecule has 0 saturated carbocycles. The van der Waals surface area contributed by atoms with Crippen molar-refractivity contribution in [2.24, 2.45) is 0 Å². The van der Waals surface area contributed by atoms with Gasteiger partial charge in [0.2, 0.25) is 11.8 Å². The molecule has 1 aliphatic rings. The Hall–Kier alpha value is -2.04. The number of likely N-dealkylation sites (tertiary alicyclic amines) is 1. The van der Waals surface area contributed by atoms with E-state index in [2.05, 4.69) is 5.32 Å². The van der Waals surface area contributed by atoms with Crippen molar-refractivity contribution in [2.45, 2.75) is 32.1 Å². The maximum atomic E-state index is 11.9. The van der Waals surface area contributed by atoms with Gasteiger partial charge < -0.3 is 16.0 Å². The summed E-state index contributed by atoms with van der Waals surface area (Å²) in [5.74, 6) is 0.0281. The number of rotatable bonds is 5. The van der Waals surface area contributed by atoms with Crippen LogP contribution in [0.25, 0.3) is 0 Å². The van der Waals surface area contributed by atoms with E-state index in [9.17, 15) is 9.59 Å². The van der Waals surface area contributed by atoms with Gasteiger partial charge in [0, 0.05) is 25.2 Å². The van der Waals surface area contributed by atoms with Crippen LogP contribution in [0.1, 0.15) is 37.7 Å². The zero-order chi connectivity index (χ0) is 15.2. The van der Waals surface area contributed by atoms with E-state index >= 15 is 0 Å². The third kappa shape index (κ3) is 4.48. The fraction of sp³-hybridized carbons (Fsp3) is 0.500. The van der Waals surface area contributed by atoms with E-state index in [0.29, 0.717) is 12.1 Å². The summed E-state index contributed by atoms with van der Waals surface area (Å²) in [6, 6.07) is 7.53. The van der Waals surface area contributed by atoms with Crippen molar-refractivity contribution in [1.82, 2.24) is 10.2 Å². The first-order valence-corrected chi connectivity index (χ1v) is 7.46. The van der Waals surface area contributed by atoms with Gasteiger partial charge in [-0.2, -0.15) is 0 Å². The lowest BCUT2D eigenvalue weighted by Gasteiger charge is -2.16. The summed E-state index contributed by atoms with van der Waals surface area (Å²) >= 11 is 0. The molecule has 1 aromatic carbocycles. The number of nitrogens with zero attached hydrogens (tertiary/aromatic N) is 1. The third-order valence-electron chi connectivity index (χ3n) is 3.89. The minimum Gasteiger partial charge on any atom is -0.399 e. The van der Waals surface area contributed by atoms with Crippen LogP contribution >= 0.6 is 0 Å². The third-order valence-corrected chi connectivity index (χ3v) is 3.89. The van der Waals surface area contributed by atoms with Crippen LogP contribution in [0.15, 0.2) is 24.3 Å². The predicted octanol–water partition coefficient (Wildman–Crippen LogP) is 1.50. The summed E-state index contributed by atoms with van der Waals surface area (Å²) in [4.78, 5) is 25.6. The quantitative estimate of drug-likeness (QED) is 0.807. The number of amides is 2. The Kier molecular flexibility index (Phi) is 5.20. The second kappa shape index (κ2) is 7.11. The molecule has 0 spiro atoms. The Morgan fingerprint density at radius 1 is 1.24 bits per heavy atom. The second-order valence-corrected chi connectivity index (χ2v) is 5.64. The predicted molar refractivity (Wildman–Crippen MR) is 82.7 cm³/mol. The van der Waals surface area contributed by atoms with Crippen LogP contribution in [0.4, 0.5) is 5.69 Å². The van der Waals surface area contributed by atoms with Gasteiger partial charge in [-0.3, -0.25) is 9.59 Å². The molecule has 1 saturated heterocycles. The molecule has 3 N–H and O–H groups in total. The molecule has 114 valence electrons. The van der Waals surface area contributed by atoms with Gasteiger partial charge >= 0.3 is 0 Å². The maximum Gasteiger partial charge on any atom is 0.241 e. The number of nitrogen functional groups attached to an aromatic ring is 1. The molecule has 5 heteroatoms. The summed E-state index contributed by atoms with van der Waals surface area (Å²) in [5.41, 5.74) is 7.44. The lowest BCUT2D eigenvalue weighted by atomic mass is 9.97. The smallest absolute Gasteiger partial charge is 0.241 e. The molecule has 2 rings (SSSR count). The van der Waals surface area contributed by atoms with Crippen LogP contribution in [0.5, 0.6) is 0 Å². The van der Waals surface area contributed by atoms with Gasteiger partial charge in [-0.1, -0.05) is 19.1 Å². The molecule has 1 heterocycles. The minimum atomic E-state index is -0.0909. The van der Waals surface area contributed by atoms with Crippen molar-refractivity contribution in [3.8, 4) is 0 Å². The highest BCUT2D eigenvalue weighted by atomic mass is 16.2. The van der Waals surface area contributed by atoms with E-state index in [1.54, 1.807) is 0 Å². The number of carbonyl (C=O) groups is 2. The fourth-order valence-electron chi connectivity index (χ4n) is 2.55. The largest absolute Gasteiger partial charge is 0.399 e. The van der Waals surface area contributed by atoms with Crippen LogP contribution in [0, 0.1) is 0 Å². The molecule has 1 atom stereocenters. The second-order valence-electron chi connectivity index (χ2n) is 5.64. The van der Waals surface area contributed by atoms with Gasteiger partial charge in [0.1, 0.15) is 0 Å². The lowest BCUT2D eigenvalue weighted by molar-refractivity contribution is -0.132. The Bertz CT molecular complexity index is 493. The monoisotopic (exact) mass is 289 g/mol. The summed E-state index contributed by atoms with van der Waals surface area (Å²) in [6.07, 6.45) is 2.50. The van der Waals surface area contributed by atoms with Crippen molar-refractivity contribution in [1.29, 1.82) is 0 Å². The number of benzene rings is 1. The summed E-state index contributed by atoms with van der Waals surface area (Å²) < 4.78 is 0. The van der Waals surface area contributed by atoms with Crippen LogP contribution in [-0.2, 0) is 9.59 Å². The van der Waals surface area contributed by atoms with Gasteiger partial charge in [0.25, 0.3) is 0 Å². The summed E-state index contributed by atoms with van der Waals surface area (Å²) in [7, 11) is 0. The van der Waals surface area contributed by atoms with Crippen molar-refractivity contribution in [2.75, 3.05) is 25.4 Å². The Morgan fingerprint density at radius 3 is 2.48 bits per heavy atom. The highest BCUT2D eigenvalue weighted by Crippen LogP contribution is 2.19. The highest BCUT2D eigenvalue weighted by Gasteiger charge is 2.18. The van der Waals surface area contributed by atoms with E-state index in [1.807, 2.05) is 36.1 Å². The molecular weight excluding hydrogens is 266 g/mol. The molecule has 1 unspecified atom stereocenters. The summed E-state index contributed by atoms with van der Waals surface area (Å²) in [5, 5.41) is 2.72. The molecule has 0 bridgehead atoms. The molecule has 0 radical (unpaired) electrons. The molecule has 2 amide bonds. The number of nitrogens with two attached hydrogens (primary N) is 1. The van der Waals surface area contributed by atoms with E-state index in [1.165, 1.54) is 0 Å². The Morgan fingerprint density at radius 2 is 1.86 bits per heavy atom. The number of nitrogens with one attached hydrogen (secondary N) is 1. The van der Waals surface area contributed by atoms with Crippen molar-refractivity contribution < 1.29 is 9.59 Å². The first-order chi connectivity index (χ1) is 10.1. The summed E-state index contributed by atoms with van der Waals surface area (Å²) in [6.45, 7) is 3.73. The SMILES string of the molecule is CC(CC(=O)NCC(=O)N1CCCC1)c1ccc(N)cc1. The molecule has 0 aliphatic carbocycles. The highest BCUT2D eigenvalue weighted by molar-refractivity contribution is 5.85. The zero-order valence-electron chi connectivity index (χ0n) is 12.5. The number of anilines is 1. The van der Waals surface area contributed by atoms with Gasteiger partial charge in [0.05, 0.1) is 6.54 Å². The molecule has 0 aromatic heterocycles. The average molecular weight is 289 g/mol. The standard InChI is InChI=1S/C16H23N3O2/c1-12(13-4-6-14(17)7-5-13)10-15(20)18-11-16(21)19-8-2-3-9-19/h4-7,12H,2-3,8-11,17H2,1H3,(H,18,20). The Labute approximate surface area is 125 Å². The van der Waals surface area contributed by atoms with E-state index in [-0.39, 0.29) is 24.3 Å².